The van der Waals surface area contributed by atoms with Crippen molar-refractivity contribution in [3.05, 3.63) is 135 Å². The van der Waals surface area contributed by atoms with Crippen molar-refractivity contribution in [3.8, 4) is 0 Å². The molecule has 2 aliphatic rings. The van der Waals surface area contributed by atoms with E-state index in [-0.39, 0.29) is 11.4 Å². The normalized spacial score (nSPS) is 23.3. The Kier molecular flexibility index (Phi) is 6.68. The molecule has 7 rings (SSSR count). The minimum Gasteiger partial charge on any atom is -0.362 e. The third-order valence-electron chi connectivity index (χ3n) is 7.90. The van der Waals surface area contributed by atoms with Crippen LogP contribution < -0.4 is 5.69 Å². The zero-order chi connectivity index (χ0) is 28.9. The minimum absolute atomic E-state index is 0.0950. The molecule has 0 unspecified atom stereocenters. The van der Waals surface area contributed by atoms with Crippen LogP contribution in [0.5, 0.6) is 0 Å². The molecule has 2 aromatic heterocycles. The van der Waals surface area contributed by atoms with Crippen LogP contribution in [-0.4, -0.2) is 50.3 Å². The lowest BCUT2D eigenvalue weighted by atomic mass is 9.80. The molecule has 42 heavy (non-hydrogen) atoms. The predicted octanol–water partition coefficient (Wildman–Crippen LogP) is 5.05. The minimum atomic E-state index is -0.918. The van der Waals surface area contributed by atoms with Gasteiger partial charge in [0.15, 0.2) is 11.4 Å². The molecule has 0 aliphatic carbocycles. The Morgan fingerprint density at radius 2 is 1.45 bits per heavy atom. The van der Waals surface area contributed by atoms with Gasteiger partial charge in [-0.25, -0.2) is 4.79 Å². The van der Waals surface area contributed by atoms with Gasteiger partial charge in [-0.2, -0.15) is 9.50 Å². The first-order valence-electron chi connectivity index (χ1n) is 13.9. The molecule has 3 aromatic carbocycles. The van der Waals surface area contributed by atoms with E-state index >= 15 is 0 Å². The number of fused-ring (bicyclic) bond motifs is 2. The number of hydrogen-bond acceptors (Lipinski definition) is 7. The van der Waals surface area contributed by atoms with E-state index in [1.807, 2.05) is 68.4 Å². The maximum Gasteiger partial charge on any atom is 0.348 e. The number of benzene rings is 3. The van der Waals surface area contributed by atoms with E-state index in [0.29, 0.717) is 11.2 Å². The van der Waals surface area contributed by atoms with E-state index < -0.39 is 41.5 Å². The molecule has 0 bridgehead atoms. The molecule has 9 nitrogen and oxygen atoms in total. The van der Waals surface area contributed by atoms with Gasteiger partial charge in [-0.1, -0.05) is 91.0 Å². The second-order valence-corrected chi connectivity index (χ2v) is 11.4. The Bertz CT molecular complexity index is 1720. The lowest BCUT2D eigenvalue weighted by molar-refractivity contribution is -0.196. The summed E-state index contributed by atoms with van der Waals surface area (Å²) in [5.41, 5.74) is 2.69. The second kappa shape index (κ2) is 10.4. The zero-order valence-corrected chi connectivity index (χ0v) is 23.9. The molecule has 0 saturated carbocycles. The van der Waals surface area contributed by atoms with Crippen LogP contribution in [0.4, 0.5) is 0 Å². The fourth-order valence-electron chi connectivity index (χ4n) is 6.18. The van der Waals surface area contributed by atoms with Crippen LogP contribution in [0.2, 0.25) is 0 Å². The first kappa shape index (κ1) is 26.9. The van der Waals surface area contributed by atoms with Gasteiger partial charge in [0.25, 0.3) is 0 Å². The highest BCUT2D eigenvalue weighted by atomic mass is 32.1. The van der Waals surface area contributed by atoms with Gasteiger partial charge in [0.05, 0.1) is 6.61 Å². The highest BCUT2D eigenvalue weighted by Crippen LogP contribution is 2.47. The summed E-state index contributed by atoms with van der Waals surface area (Å²) in [6.07, 6.45) is -0.242. The van der Waals surface area contributed by atoms with E-state index in [1.165, 1.54) is 4.52 Å². The summed E-state index contributed by atoms with van der Waals surface area (Å²) in [4.78, 5) is 19.4. The molecule has 10 heteroatoms. The van der Waals surface area contributed by atoms with Crippen molar-refractivity contribution >= 4 is 17.9 Å². The van der Waals surface area contributed by atoms with Crippen molar-refractivity contribution in [3.63, 3.8) is 0 Å². The van der Waals surface area contributed by atoms with Crippen molar-refractivity contribution in [1.29, 1.82) is 0 Å². The van der Waals surface area contributed by atoms with E-state index in [9.17, 15) is 4.79 Å². The molecule has 4 heterocycles. The number of aromatic amines is 2. The molecule has 4 atom stereocenters. The highest BCUT2D eigenvalue weighted by molar-refractivity contribution is 7.71. The summed E-state index contributed by atoms with van der Waals surface area (Å²) < 4.78 is 27.9. The van der Waals surface area contributed by atoms with Crippen LogP contribution in [-0.2, 0) is 24.5 Å². The molecule has 0 amide bonds. The summed E-state index contributed by atoms with van der Waals surface area (Å²) in [6.45, 7) is 3.97. The Balaban J connectivity index is 1.30. The molecule has 214 valence electrons. The van der Waals surface area contributed by atoms with E-state index in [1.54, 1.807) is 6.20 Å². The summed E-state index contributed by atoms with van der Waals surface area (Å²) >= 11 is 5.19. The van der Waals surface area contributed by atoms with Gasteiger partial charge < -0.3 is 18.9 Å². The van der Waals surface area contributed by atoms with Gasteiger partial charge in [-0.3, -0.25) is 10.1 Å². The van der Waals surface area contributed by atoms with E-state index in [0.717, 1.165) is 16.7 Å². The lowest BCUT2D eigenvalue weighted by Crippen LogP contribution is -2.39. The van der Waals surface area contributed by atoms with Gasteiger partial charge in [0.1, 0.15) is 30.0 Å². The second-order valence-electron chi connectivity index (χ2n) is 11.0. The average molecular weight is 583 g/mol. The van der Waals surface area contributed by atoms with Crippen molar-refractivity contribution in [1.82, 2.24) is 19.6 Å². The van der Waals surface area contributed by atoms with Crippen molar-refractivity contribution in [2.45, 2.75) is 49.7 Å². The van der Waals surface area contributed by atoms with Crippen LogP contribution in [0.25, 0.3) is 5.65 Å². The third-order valence-corrected chi connectivity index (χ3v) is 8.10. The van der Waals surface area contributed by atoms with Crippen molar-refractivity contribution in [2.75, 3.05) is 6.61 Å². The molecule has 0 spiro atoms. The monoisotopic (exact) mass is 582 g/mol. The third kappa shape index (κ3) is 4.52. The fraction of sp³-hybridized carbons (Fsp3) is 0.281. The first-order valence-corrected chi connectivity index (χ1v) is 14.3. The standard InChI is InChI=1S/C32H30N4O5S/c1-31(2)40-26-24(39-25(27(26)41-31)23-18-33-36-28(23)34-29(42)35-30(36)37)19-38-32(20-12-6-3-7-13-20,21-14-8-4-9-15-21)22-16-10-5-11-17-22/h3-18,24-27,33H,19H2,1-2H3,(H,35,37,42)/t24-,25+,26-,27+/m1/s1. The molecule has 2 N–H and O–H groups in total. The SMILES string of the molecule is CC1(C)O[C@@H]2[C@H](O1)[C@@H](COC(c1ccccc1)(c1ccccc1)c1ccccc1)O[C@H]2c1c[nH]n2c(=O)[nH]c(=S)nc12. The fourth-order valence-corrected chi connectivity index (χ4v) is 6.36. The summed E-state index contributed by atoms with van der Waals surface area (Å²) in [7, 11) is 0. The number of rotatable bonds is 7. The summed E-state index contributed by atoms with van der Waals surface area (Å²) in [5, 5.41) is 2.95. The maximum atomic E-state index is 12.5. The Morgan fingerprint density at radius 3 is 2.02 bits per heavy atom. The Labute approximate surface area is 247 Å². The number of ether oxygens (including phenoxy) is 4. The van der Waals surface area contributed by atoms with Crippen molar-refractivity contribution < 1.29 is 18.9 Å². The first-order chi connectivity index (χ1) is 20.4. The maximum absolute atomic E-state index is 12.5. The summed E-state index contributed by atoms with van der Waals surface area (Å²) in [5.74, 6) is -0.835. The average Bonchev–Trinajstić information content (AvgIpc) is 3.66. The molecular formula is C32H30N4O5S. The number of hydrogen-bond donors (Lipinski definition) is 2. The predicted molar refractivity (Wildman–Crippen MR) is 158 cm³/mol. The Hall–Kier alpha value is -3.93. The summed E-state index contributed by atoms with van der Waals surface area (Å²) in [6, 6.07) is 30.6. The van der Waals surface area contributed by atoms with E-state index in [2.05, 4.69) is 51.5 Å². The quantitative estimate of drug-likeness (QED) is 0.205. The van der Waals surface area contributed by atoms with Crippen LogP contribution in [0.3, 0.4) is 0 Å². The van der Waals surface area contributed by atoms with Gasteiger partial charge in [0, 0.05) is 11.8 Å². The molecule has 0 radical (unpaired) electrons. The van der Waals surface area contributed by atoms with Crippen LogP contribution in [0, 0.1) is 4.77 Å². The topological polar surface area (TPSA) is 103 Å². The van der Waals surface area contributed by atoms with Crippen LogP contribution >= 0.6 is 12.2 Å². The zero-order valence-electron chi connectivity index (χ0n) is 23.1. The Morgan fingerprint density at radius 1 is 0.905 bits per heavy atom. The number of aromatic nitrogens is 4. The van der Waals surface area contributed by atoms with E-state index in [4.69, 9.17) is 31.2 Å². The van der Waals surface area contributed by atoms with Crippen molar-refractivity contribution in [2.24, 2.45) is 0 Å². The van der Waals surface area contributed by atoms with Gasteiger partial charge in [0.2, 0.25) is 4.77 Å². The molecule has 5 aromatic rings. The largest absolute Gasteiger partial charge is 0.362 e. The molecule has 2 fully saturated rings. The highest BCUT2D eigenvalue weighted by Gasteiger charge is 2.56. The lowest BCUT2D eigenvalue weighted by Gasteiger charge is -2.37. The van der Waals surface area contributed by atoms with Crippen LogP contribution in [0.1, 0.15) is 42.2 Å². The van der Waals surface area contributed by atoms with Gasteiger partial charge >= 0.3 is 5.69 Å². The molecular weight excluding hydrogens is 552 g/mol. The number of nitrogens with one attached hydrogen (secondary N) is 2. The smallest absolute Gasteiger partial charge is 0.348 e. The van der Waals surface area contributed by atoms with Crippen LogP contribution in [0.15, 0.2) is 102 Å². The number of nitrogens with zero attached hydrogens (tertiary/aromatic N) is 2. The number of H-pyrrole nitrogens is 2. The van der Waals surface area contributed by atoms with Gasteiger partial charge in [-0.15, -0.1) is 0 Å². The van der Waals surface area contributed by atoms with Gasteiger partial charge in [-0.05, 0) is 42.8 Å². The molecule has 2 saturated heterocycles. The molecule has 2 aliphatic heterocycles.